The van der Waals surface area contributed by atoms with Gasteiger partial charge in [-0.1, -0.05) is 23.7 Å². The van der Waals surface area contributed by atoms with E-state index < -0.39 is 34.1 Å². The lowest BCUT2D eigenvalue weighted by molar-refractivity contribution is -0.152. The zero-order valence-electron chi connectivity index (χ0n) is 21.4. The molecule has 0 bridgehead atoms. The Morgan fingerprint density at radius 1 is 0.947 bits per heavy atom. The Balaban J connectivity index is 1.26. The summed E-state index contributed by atoms with van der Waals surface area (Å²) >= 11 is 6.02. The van der Waals surface area contributed by atoms with Gasteiger partial charge >= 0.3 is 0 Å². The number of carbonyl (C=O) groups is 3. The summed E-state index contributed by atoms with van der Waals surface area (Å²) in [5.74, 6) is -0.687. The Labute approximate surface area is 228 Å². The maximum absolute atomic E-state index is 13.5. The minimum absolute atomic E-state index is 0.00112. The number of rotatable bonds is 6. The Morgan fingerprint density at radius 3 is 2.39 bits per heavy atom. The van der Waals surface area contributed by atoms with Crippen LogP contribution in [-0.2, 0) is 24.4 Å². The first-order valence-corrected chi connectivity index (χ1v) is 15.1. The zero-order chi connectivity index (χ0) is 27.0. The maximum Gasteiger partial charge on any atom is 0.245 e. The van der Waals surface area contributed by atoms with Crippen LogP contribution in [0.15, 0.2) is 41.3 Å². The second kappa shape index (κ2) is 10.8. The summed E-state index contributed by atoms with van der Waals surface area (Å²) in [6, 6.07) is 7.66. The van der Waals surface area contributed by atoms with Gasteiger partial charge in [0.05, 0.1) is 4.90 Å². The molecule has 3 aliphatic heterocycles. The zero-order valence-corrected chi connectivity index (χ0v) is 23.0. The van der Waals surface area contributed by atoms with Crippen LogP contribution in [0.1, 0.15) is 45.4 Å². The highest BCUT2D eigenvalue weighted by molar-refractivity contribution is 7.89. The monoisotopic (exact) mass is 560 g/mol. The van der Waals surface area contributed by atoms with E-state index in [1.165, 1.54) is 11.0 Å². The molecule has 0 radical (unpaired) electrons. The fourth-order valence-corrected chi connectivity index (χ4v) is 7.23. The van der Waals surface area contributed by atoms with E-state index in [0.29, 0.717) is 18.0 Å². The standard InChI is InChI=1S/C27H33ClN4O5S/c1-18(25(33)32-14-3-2-6-24(32)27(35)30-12-4-5-13-30)31-15-11-23(26(31)34)29-38(36,37)22-10-8-19-16-21(28)9-7-20(19)17-22/h7-10,16-18,23-24,29H,2-6,11-15H2,1H3/t18-,23?,24?/m0/s1. The minimum atomic E-state index is -3.97. The lowest BCUT2D eigenvalue weighted by Crippen LogP contribution is -2.57. The Kier molecular flexibility index (Phi) is 7.66. The van der Waals surface area contributed by atoms with E-state index in [9.17, 15) is 22.8 Å². The van der Waals surface area contributed by atoms with Crippen molar-refractivity contribution in [3.05, 3.63) is 41.4 Å². The average molecular weight is 561 g/mol. The van der Waals surface area contributed by atoms with Crippen molar-refractivity contribution in [2.45, 2.75) is 68.5 Å². The molecule has 3 amide bonds. The number of fused-ring (bicyclic) bond motifs is 1. The minimum Gasteiger partial charge on any atom is -0.341 e. The van der Waals surface area contributed by atoms with Gasteiger partial charge in [0, 0.05) is 31.2 Å². The van der Waals surface area contributed by atoms with Crippen LogP contribution < -0.4 is 4.72 Å². The molecule has 204 valence electrons. The molecule has 3 aliphatic rings. The van der Waals surface area contributed by atoms with Gasteiger partial charge in [-0.3, -0.25) is 14.4 Å². The second-order valence-corrected chi connectivity index (χ2v) is 12.5. The van der Waals surface area contributed by atoms with Gasteiger partial charge in [-0.25, -0.2) is 8.42 Å². The van der Waals surface area contributed by atoms with Crippen molar-refractivity contribution in [3.8, 4) is 0 Å². The predicted molar refractivity (Wildman–Crippen MR) is 144 cm³/mol. The molecule has 38 heavy (non-hydrogen) atoms. The van der Waals surface area contributed by atoms with Crippen LogP contribution in [0.3, 0.4) is 0 Å². The highest BCUT2D eigenvalue weighted by Gasteiger charge is 2.43. The first-order chi connectivity index (χ1) is 18.2. The third-order valence-corrected chi connectivity index (χ3v) is 9.64. The number of sulfonamides is 1. The molecule has 2 aromatic rings. The summed E-state index contributed by atoms with van der Waals surface area (Å²) < 4.78 is 28.8. The van der Waals surface area contributed by atoms with Gasteiger partial charge in [0.1, 0.15) is 18.1 Å². The van der Waals surface area contributed by atoms with Gasteiger partial charge in [0.25, 0.3) is 0 Å². The topological polar surface area (TPSA) is 107 Å². The molecule has 9 nitrogen and oxygen atoms in total. The molecule has 3 fully saturated rings. The summed E-state index contributed by atoms with van der Waals surface area (Å²) in [4.78, 5) is 44.9. The molecule has 0 aromatic heterocycles. The normalized spacial score (nSPS) is 23.3. The van der Waals surface area contributed by atoms with Crippen molar-refractivity contribution in [1.82, 2.24) is 19.4 Å². The third kappa shape index (κ3) is 5.26. The Morgan fingerprint density at radius 2 is 1.63 bits per heavy atom. The molecule has 0 saturated carbocycles. The van der Waals surface area contributed by atoms with Crippen LogP contribution in [0.4, 0.5) is 0 Å². The molecule has 11 heteroatoms. The van der Waals surface area contributed by atoms with Crippen LogP contribution in [-0.4, -0.2) is 85.1 Å². The summed E-state index contributed by atoms with van der Waals surface area (Å²) in [7, 11) is -3.97. The van der Waals surface area contributed by atoms with E-state index in [4.69, 9.17) is 11.6 Å². The van der Waals surface area contributed by atoms with Gasteiger partial charge in [0.2, 0.25) is 27.7 Å². The van der Waals surface area contributed by atoms with Gasteiger partial charge in [-0.15, -0.1) is 0 Å². The number of nitrogens with one attached hydrogen (secondary N) is 1. The molecule has 0 spiro atoms. The third-order valence-electron chi connectivity index (χ3n) is 7.93. The number of halogens is 1. The van der Waals surface area contributed by atoms with Crippen molar-refractivity contribution in [2.24, 2.45) is 0 Å². The number of piperidine rings is 1. The maximum atomic E-state index is 13.5. The number of amides is 3. The summed E-state index contributed by atoms with van der Waals surface area (Å²) in [5, 5.41) is 2.09. The quantitative estimate of drug-likeness (QED) is 0.584. The van der Waals surface area contributed by atoms with Crippen LogP contribution in [0, 0.1) is 0 Å². The van der Waals surface area contributed by atoms with Crippen molar-refractivity contribution in [2.75, 3.05) is 26.2 Å². The average Bonchev–Trinajstić information content (AvgIpc) is 3.57. The van der Waals surface area contributed by atoms with Gasteiger partial charge in [-0.05, 0) is 80.5 Å². The van der Waals surface area contributed by atoms with Crippen molar-refractivity contribution >= 4 is 50.1 Å². The van der Waals surface area contributed by atoms with Gasteiger partial charge in [0.15, 0.2) is 0 Å². The molecule has 3 atom stereocenters. The molecule has 5 rings (SSSR count). The number of likely N-dealkylation sites (tertiary alicyclic amines) is 3. The lowest BCUT2D eigenvalue weighted by Gasteiger charge is -2.39. The number of hydrogen-bond donors (Lipinski definition) is 1. The molecular weight excluding hydrogens is 528 g/mol. The molecule has 2 unspecified atom stereocenters. The van der Waals surface area contributed by atoms with Crippen molar-refractivity contribution < 1.29 is 22.8 Å². The fraction of sp³-hybridized carbons (Fsp3) is 0.519. The van der Waals surface area contributed by atoms with Crippen LogP contribution >= 0.6 is 11.6 Å². The van der Waals surface area contributed by atoms with E-state index in [-0.39, 0.29) is 29.7 Å². The predicted octanol–water partition coefficient (Wildman–Crippen LogP) is 2.76. The smallest absolute Gasteiger partial charge is 0.245 e. The van der Waals surface area contributed by atoms with E-state index in [1.807, 2.05) is 4.90 Å². The number of benzene rings is 2. The molecule has 2 aromatic carbocycles. The SMILES string of the molecule is C[C@@H](C(=O)N1CCCCC1C(=O)N1CCCC1)N1CCC(NS(=O)(=O)c2ccc3cc(Cl)ccc3c2)C1=O. The number of carbonyl (C=O) groups excluding carboxylic acids is 3. The Bertz CT molecular complexity index is 1360. The number of nitrogens with zero attached hydrogens (tertiary/aromatic N) is 3. The summed E-state index contributed by atoms with van der Waals surface area (Å²) in [6.07, 6.45) is 4.55. The van der Waals surface area contributed by atoms with E-state index in [0.717, 1.165) is 49.5 Å². The van der Waals surface area contributed by atoms with E-state index in [2.05, 4.69) is 4.72 Å². The van der Waals surface area contributed by atoms with E-state index in [1.54, 1.807) is 42.2 Å². The molecule has 0 aliphatic carbocycles. The second-order valence-electron chi connectivity index (χ2n) is 10.4. The largest absolute Gasteiger partial charge is 0.341 e. The molecule has 3 heterocycles. The molecule has 3 saturated heterocycles. The van der Waals surface area contributed by atoms with Crippen LogP contribution in [0.25, 0.3) is 10.8 Å². The Hall–Kier alpha value is -2.69. The van der Waals surface area contributed by atoms with Crippen molar-refractivity contribution in [3.63, 3.8) is 0 Å². The van der Waals surface area contributed by atoms with E-state index >= 15 is 0 Å². The lowest BCUT2D eigenvalue weighted by atomic mass is 9.99. The van der Waals surface area contributed by atoms with Gasteiger partial charge < -0.3 is 14.7 Å². The number of hydrogen-bond acceptors (Lipinski definition) is 5. The fourth-order valence-electron chi connectivity index (χ4n) is 5.79. The highest BCUT2D eigenvalue weighted by atomic mass is 35.5. The highest BCUT2D eigenvalue weighted by Crippen LogP contribution is 2.26. The van der Waals surface area contributed by atoms with Crippen LogP contribution in [0.5, 0.6) is 0 Å². The molecular formula is C27H33ClN4O5S. The first kappa shape index (κ1) is 26.9. The summed E-state index contributed by atoms with van der Waals surface area (Å²) in [6.45, 7) is 3.86. The van der Waals surface area contributed by atoms with Crippen molar-refractivity contribution in [1.29, 1.82) is 0 Å². The summed E-state index contributed by atoms with van der Waals surface area (Å²) in [5.41, 5.74) is 0. The van der Waals surface area contributed by atoms with Crippen LogP contribution in [0.2, 0.25) is 5.02 Å². The molecule has 1 N–H and O–H groups in total. The van der Waals surface area contributed by atoms with Gasteiger partial charge in [-0.2, -0.15) is 4.72 Å². The first-order valence-electron chi connectivity index (χ1n) is 13.3.